The third-order valence-electron chi connectivity index (χ3n) is 2.39. The highest BCUT2D eigenvalue weighted by Crippen LogP contribution is 2.21. The number of aliphatic hydroxyl groups excluding tert-OH is 1. The second kappa shape index (κ2) is 6.00. The summed E-state index contributed by atoms with van der Waals surface area (Å²) in [6.07, 6.45) is 0.340. The van der Waals surface area contributed by atoms with Gasteiger partial charge in [0.15, 0.2) is 0 Å². The maximum absolute atomic E-state index is 9.90. The predicted octanol–water partition coefficient (Wildman–Crippen LogP) is 2.00. The number of hydrogen-bond donors (Lipinski definition) is 2. The lowest BCUT2D eigenvalue weighted by molar-refractivity contribution is 0.132. The Bertz CT molecular complexity index is 388. The third-order valence-corrected chi connectivity index (χ3v) is 2.39. The molecule has 1 aromatic heterocycles. The lowest BCUT2D eigenvalue weighted by Crippen LogP contribution is -2.25. The van der Waals surface area contributed by atoms with E-state index in [1.165, 1.54) is 0 Å². The Morgan fingerprint density at radius 2 is 2.06 bits per heavy atom. The van der Waals surface area contributed by atoms with Gasteiger partial charge in [0.2, 0.25) is 5.88 Å². The maximum Gasteiger partial charge on any atom is 0.218 e. The summed E-state index contributed by atoms with van der Waals surface area (Å²) < 4.78 is 5.07. The van der Waals surface area contributed by atoms with Crippen molar-refractivity contribution in [3.63, 3.8) is 0 Å². The van der Waals surface area contributed by atoms with Gasteiger partial charge in [0.25, 0.3) is 0 Å². The lowest BCUT2D eigenvalue weighted by atomic mass is 9.89. The Labute approximate surface area is 109 Å². The van der Waals surface area contributed by atoms with Crippen LogP contribution in [-0.4, -0.2) is 34.8 Å². The minimum Gasteiger partial charge on any atom is -0.481 e. The second-order valence-electron chi connectivity index (χ2n) is 5.64. The standard InChI is InChI=1S/C13H23N3O2/c1-9-15-11(6-12(16-9)18-5)14-8-10(17)7-13(2,3)4/h6,10,17H,7-8H2,1-5H3,(H,14,15,16). The molecule has 0 aliphatic heterocycles. The number of rotatable bonds is 5. The molecule has 0 saturated carbocycles. The second-order valence-corrected chi connectivity index (χ2v) is 5.64. The molecule has 0 saturated heterocycles. The first-order valence-electron chi connectivity index (χ1n) is 6.12. The van der Waals surface area contributed by atoms with Gasteiger partial charge in [0, 0.05) is 12.6 Å². The zero-order valence-corrected chi connectivity index (χ0v) is 11.8. The van der Waals surface area contributed by atoms with Crippen LogP contribution in [-0.2, 0) is 0 Å². The SMILES string of the molecule is COc1cc(NCC(O)CC(C)(C)C)nc(C)n1. The average Bonchev–Trinajstić information content (AvgIpc) is 2.23. The van der Waals surface area contributed by atoms with Crippen LogP contribution >= 0.6 is 0 Å². The number of aryl methyl sites for hydroxylation is 1. The van der Waals surface area contributed by atoms with Crippen LogP contribution in [0.3, 0.4) is 0 Å². The Kier molecular flexibility index (Phi) is 4.90. The minimum absolute atomic E-state index is 0.111. The summed E-state index contributed by atoms with van der Waals surface area (Å²) in [5.41, 5.74) is 0.111. The Balaban J connectivity index is 2.55. The minimum atomic E-state index is -0.397. The molecule has 18 heavy (non-hydrogen) atoms. The molecule has 0 radical (unpaired) electrons. The molecule has 1 heterocycles. The van der Waals surface area contributed by atoms with Crippen LogP contribution in [0.4, 0.5) is 5.82 Å². The van der Waals surface area contributed by atoms with E-state index < -0.39 is 6.10 Å². The Morgan fingerprint density at radius 1 is 1.39 bits per heavy atom. The van der Waals surface area contributed by atoms with E-state index in [4.69, 9.17) is 4.74 Å². The van der Waals surface area contributed by atoms with Gasteiger partial charge in [0.05, 0.1) is 13.2 Å². The molecule has 0 amide bonds. The fourth-order valence-corrected chi connectivity index (χ4v) is 1.74. The van der Waals surface area contributed by atoms with Gasteiger partial charge in [-0.15, -0.1) is 0 Å². The van der Waals surface area contributed by atoms with Gasteiger partial charge >= 0.3 is 0 Å². The predicted molar refractivity (Wildman–Crippen MR) is 71.9 cm³/mol. The number of hydrogen-bond acceptors (Lipinski definition) is 5. The molecule has 0 bridgehead atoms. The van der Waals surface area contributed by atoms with Crippen molar-refractivity contribution in [1.29, 1.82) is 0 Å². The summed E-state index contributed by atoms with van der Waals surface area (Å²) in [5, 5.41) is 13.0. The highest BCUT2D eigenvalue weighted by molar-refractivity contribution is 5.38. The molecule has 0 aliphatic rings. The van der Waals surface area contributed by atoms with E-state index in [-0.39, 0.29) is 5.41 Å². The van der Waals surface area contributed by atoms with Crippen molar-refractivity contribution < 1.29 is 9.84 Å². The highest BCUT2D eigenvalue weighted by atomic mass is 16.5. The Morgan fingerprint density at radius 3 is 2.61 bits per heavy atom. The zero-order valence-electron chi connectivity index (χ0n) is 11.8. The number of nitrogens with one attached hydrogen (secondary N) is 1. The van der Waals surface area contributed by atoms with E-state index in [1.807, 2.05) is 0 Å². The molecule has 1 atom stereocenters. The summed E-state index contributed by atoms with van der Waals surface area (Å²) in [6, 6.07) is 1.72. The quantitative estimate of drug-likeness (QED) is 0.840. The van der Waals surface area contributed by atoms with Crippen LogP contribution in [0, 0.1) is 12.3 Å². The van der Waals surface area contributed by atoms with Gasteiger partial charge < -0.3 is 15.2 Å². The fourth-order valence-electron chi connectivity index (χ4n) is 1.74. The number of nitrogens with zero attached hydrogens (tertiary/aromatic N) is 2. The van der Waals surface area contributed by atoms with Gasteiger partial charge in [-0.05, 0) is 18.8 Å². The van der Waals surface area contributed by atoms with Gasteiger partial charge in [0.1, 0.15) is 11.6 Å². The lowest BCUT2D eigenvalue weighted by Gasteiger charge is -2.22. The van der Waals surface area contributed by atoms with Crippen molar-refractivity contribution in [2.75, 3.05) is 19.0 Å². The summed E-state index contributed by atoms with van der Waals surface area (Å²) >= 11 is 0. The largest absolute Gasteiger partial charge is 0.481 e. The van der Waals surface area contributed by atoms with Crippen LogP contribution in [0.2, 0.25) is 0 Å². The first kappa shape index (κ1) is 14.7. The molecule has 0 fully saturated rings. The first-order chi connectivity index (χ1) is 8.30. The normalized spacial score (nSPS) is 13.2. The van der Waals surface area contributed by atoms with Crippen LogP contribution in [0.5, 0.6) is 5.88 Å². The summed E-state index contributed by atoms with van der Waals surface area (Å²) in [6.45, 7) is 8.59. The third kappa shape index (κ3) is 5.31. The average molecular weight is 253 g/mol. The van der Waals surface area contributed by atoms with Crippen molar-refractivity contribution in [1.82, 2.24) is 9.97 Å². The number of aliphatic hydroxyl groups is 1. The van der Waals surface area contributed by atoms with Crippen molar-refractivity contribution in [3.05, 3.63) is 11.9 Å². The Hall–Kier alpha value is -1.36. The molecule has 0 aromatic carbocycles. The summed E-state index contributed by atoms with van der Waals surface area (Å²) in [4.78, 5) is 8.34. The maximum atomic E-state index is 9.90. The number of methoxy groups -OCH3 is 1. The van der Waals surface area contributed by atoms with Crippen molar-refractivity contribution in [2.24, 2.45) is 5.41 Å². The summed E-state index contributed by atoms with van der Waals surface area (Å²) in [7, 11) is 1.57. The highest BCUT2D eigenvalue weighted by Gasteiger charge is 2.16. The zero-order chi connectivity index (χ0) is 13.8. The number of anilines is 1. The number of ether oxygens (including phenoxy) is 1. The molecule has 5 nitrogen and oxygen atoms in total. The molecule has 2 N–H and O–H groups in total. The van der Waals surface area contributed by atoms with Gasteiger partial charge in [-0.2, -0.15) is 4.98 Å². The van der Waals surface area contributed by atoms with Gasteiger partial charge in [-0.3, -0.25) is 0 Å². The van der Waals surface area contributed by atoms with Crippen LogP contribution in [0.25, 0.3) is 0 Å². The topological polar surface area (TPSA) is 67.3 Å². The van der Waals surface area contributed by atoms with Crippen LogP contribution in [0.1, 0.15) is 33.0 Å². The van der Waals surface area contributed by atoms with E-state index in [1.54, 1.807) is 20.1 Å². The first-order valence-corrected chi connectivity index (χ1v) is 6.12. The monoisotopic (exact) mass is 253 g/mol. The van der Waals surface area contributed by atoms with Crippen LogP contribution < -0.4 is 10.1 Å². The van der Waals surface area contributed by atoms with E-state index in [9.17, 15) is 5.11 Å². The van der Waals surface area contributed by atoms with E-state index >= 15 is 0 Å². The molecule has 1 aromatic rings. The van der Waals surface area contributed by atoms with Crippen molar-refractivity contribution >= 4 is 5.82 Å². The molecule has 0 aliphatic carbocycles. The molecular formula is C13H23N3O2. The van der Waals surface area contributed by atoms with E-state index in [2.05, 4.69) is 36.1 Å². The molecule has 0 spiro atoms. The molecule has 1 unspecified atom stereocenters. The van der Waals surface area contributed by atoms with E-state index in [0.717, 1.165) is 6.42 Å². The van der Waals surface area contributed by atoms with Crippen LogP contribution in [0.15, 0.2) is 6.07 Å². The number of aromatic nitrogens is 2. The fraction of sp³-hybridized carbons (Fsp3) is 0.692. The van der Waals surface area contributed by atoms with Crippen molar-refractivity contribution in [3.8, 4) is 5.88 Å². The molecule has 102 valence electrons. The van der Waals surface area contributed by atoms with Gasteiger partial charge in [-0.1, -0.05) is 20.8 Å². The molecular weight excluding hydrogens is 230 g/mol. The van der Waals surface area contributed by atoms with Gasteiger partial charge in [-0.25, -0.2) is 4.98 Å². The summed E-state index contributed by atoms with van der Waals surface area (Å²) in [5.74, 6) is 1.84. The molecule has 5 heteroatoms. The molecule has 1 rings (SSSR count). The smallest absolute Gasteiger partial charge is 0.218 e. The van der Waals surface area contributed by atoms with E-state index in [0.29, 0.717) is 24.1 Å². The van der Waals surface area contributed by atoms with Crippen molar-refractivity contribution in [2.45, 2.75) is 40.2 Å².